The van der Waals surface area contributed by atoms with Crippen LogP contribution in [0.4, 0.5) is 5.69 Å². The standard InChI is InChI=1S/C15H15Cl2NO2/c1-19-12-4-6-15(20-2)10(7-12)9-18-11-3-5-13(16)14(17)8-11/h3-8,18H,9H2,1-2H3. The van der Waals surface area contributed by atoms with Crippen LogP contribution in [0.3, 0.4) is 0 Å². The van der Waals surface area contributed by atoms with Gasteiger partial charge in [0.1, 0.15) is 11.5 Å². The summed E-state index contributed by atoms with van der Waals surface area (Å²) in [6.07, 6.45) is 0. The summed E-state index contributed by atoms with van der Waals surface area (Å²) in [7, 11) is 3.28. The van der Waals surface area contributed by atoms with E-state index in [0.29, 0.717) is 16.6 Å². The van der Waals surface area contributed by atoms with E-state index in [1.54, 1.807) is 26.4 Å². The van der Waals surface area contributed by atoms with Gasteiger partial charge in [0, 0.05) is 17.8 Å². The molecular weight excluding hydrogens is 297 g/mol. The Balaban J connectivity index is 2.15. The van der Waals surface area contributed by atoms with Crippen LogP contribution in [0.5, 0.6) is 11.5 Å². The van der Waals surface area contributed by atoms with Gasteiger partial charge in [0.2, 0.25) is 0 Å². The first kappa shape index (κ1) is 14.8. The van der Waals surface area contributed by atoms with Gasteiger partial charge in [-0.05, 0) is 36.4 Å². The quantitative estimate of drug-likeness (QED) is 0.873. The fourth-order valence-electron chi connectivity index (χ4n) is 1.82. The Morgan fingerprint density at radius 3 is 2.40 bits per heavy atom. The van der Waals surface area contributed by atoms with Crippen molar-refractivity contribution in [3.63, 3.8) is 0 Å². The molecule has 0 amide bonds. The third-order valence-electron chi connectivity index (χ3n) is 2.89. The Bertz CT molecular complexity index is 602. The first-order chi connectivity index (χ1) is 9.63. The molecule has 0 atom stereocenters. The second-order valence-electron chi connectivity index (χ2n) is 4.16. The van der Waals surface area contributed by atoms with E-state index in [1.807, 2.05) is 24.3 Å². The normalized spacial score (nSPS) is 10.2. The van der Waals surface area contributed by atoms with Crippen molar-refractivity contribution < 1.29 is 9.47 Å². The minimum atomic E-state index is 0.522. The van der Waals surface area contributed by atoms with Crippen molar-refractivity contribution in [1.29, 1.82) is 0 Å². The molecule has 0 aliphatic heterocycles. The summed E-state index contributed by atoms with van der Waals surface area (Å²) >= 11 is 11.9. The van der Waals surface area contributed by atoms with Gasteiger partial charge in [-0.2, -0.15) is 0 Å². The van der Waals surface area contributed by atoms with Crippen molar-refractivity contribution in [2.24, 2.45) is 0 Å². The van der Waals surface area contributed by atoms with Crippen LogP contribution in [0.15, 0.2) is 36.4 Å². The molecule has 0 unspecified atom stereocenters. The fourth-order valence-corrected chi connectivity index (χ4v) is 2.12. The fraction of sp³-hybridized carbons (Fsp3) is 0.200. The lowest BCUT2D eigenvalue weighted by Gasteiger charge is -2.12. The first-order valence-corrected chi connectivity index (χ1v) is 6.79. The predicted molar refractivity (Wildman–Crippen MR) is 83.3 cm³/mol. The van der Waals surface area contributed by atoms with Crippen LogP contribution in [0.1, 0.15) is 5.56 Å². The number of methoxy groups -OCH3 is 2. The van der Waals surface area contributed by atoms with Crippen molar-refractivity contribution in [3.8, 4) is 11.5 Å². The number of halogens is 2. The number of anilines is 1. The zero-order chi connectivity index (χ0) is 14.5. The lowest BCUT2D eigenvalue weighted by molar-refractivity contribution is 0.399. The number of benzene rings is 2. The van der Waals surface area contributed by atoms with Gasteiger partial charge in [-0.25, -0.2) is 0 Å². The van der Waals surface area contributed by atoms with E-state index >= 15 is 0 Å². The van der Waals surface area contributed by atoms with Crippen LogP contribution in [0.2, 0.25) is 10.0 Å². The summed E-state index contributed by atoms with van der Waals surface area (Å²) in [4.78, 5) is 0. The molecule has 0 saturated heterocycles. The third-order valence-corrected chi connectivity index (χ3v) is 3.63. The Hall–Kier alpha value is -1.58. The van der Waals surface area contributed by atoms with Gasteiger partial charge >= 0.3 is 0 Å². The van der Waals surface area contributed by atoms with Gasteiger partial charge in [0.25, 0.3) is 0 Å². The van der Waals surface area contributed by atoms with Crippen LogP contribution in [-0.2, 0) is 6.54 Å². The molecule has 3 nitrogen and oxygen atoms in total. The van der Waals surface area contributed by atoms with Crippen LogP contribution >= 0.6 is 23.2 Å². The molecule has 20 heavy (non-hydrogen) atoms. The average molecular weight is 312 g/mol. The van der Waals surface area contributed by atoms with Crippen molar-refractivity contribution in [1.82, 2.24) is 0 Å². The topological polar surface area (TPSA) is 30.5 Å². The zero-order valence-corrected chi connectivity index (χ0v) is 12.8. The number of nitrogens with one attached hydrogen (secondary N) is 1. The van der Waals surface area contributed by atoms with Crippen molar-refractivity contribution in [3.05, 3.63) is 52.0 Å². The Morgan fingerprint density at radius 1 is 0.950 bits per heavy atom. The Kier molecular flexibility index (Phi) is 4.99. The van der Waals surface area contributed by atoms with E-state index in [0.717, 1.165) is 22.7 Å². The maximum absolute atomic E-state index is 5.99. The molecule has 5 heteroatoms. The van der Waals surface area contributed by atoms with E-state index in [-0.39, 0.29) is 0 Å². The average Bonchev–Trinajstić information content (AvgIpc) is 2.48. The molecule has 1 N–H and O–H groups in total. The highest BCUT2D eigenvalue weighted by Gasteiger charge is 2.06. The largest absolute Gasteiger partial charge is 0.497 e. The number of ether oxygens (including phenoxy) is 2. The molecule has 0 saturated carbocycles. The minimum absolute atomic E-state index is 0.522. The molecule has 2 rings (SSSR count). The number of rotatable bonds is 5. The Labute approximate surface area is 128 Å². The smallest absolute Gasteiger partial charge is 0.124 e. The van der Waals surface area contributed by atoms with Crippen LogP contribution in [0.25, 0.3) is 0 Å². The third kappa shape index (κ3) is 3.50. The molecular formula is C15H15Cl2NO2. The van der Waals surface area contributed by atoms with Gasteiger partial charge in [-0.15, -0.1) is 0 Å². The molecule has 0 bridgehead atoms. The van der Waals surface area contributed by atoms with E-state index in [2.05, 4.69) is 5.32 Å². The van der Waals surface area contributed by atoms with E-state index in [4.69, 9.17) is 32.7 Å². The van der Waals surface area contributed by atoms with Gasteiger partial charge < -0.3 is 14.8 Å². The summed E-state index contributed by atoms with van der Waals surface area (Å²) in [5.74, 6) is 1.59. The van der Waals surface area contributed by atoms with Crippen molar-refractivity contribution in [2.45, 2.75) is 6.54 Å². The van der Waals surface area contributed by atoms with Crippen LogP contribution < -0.4 is 14.8 Å². The van der Waals surface area contributed by atoms with Gasteiger partial charge in [-0.3, -0.25) is 0 Å². The summed E-state index contributed by atoms with van der Waals surface area (Å²) in [5.41, 5.74) is 1.89. The molecule has 0 aliphatic carbocycles. The van der Waals surface area contributed by atoms with Gasteiger partial charge in [0.05, 0.1) is 24.3 Å². The second kappa shape index (κ2) is 6.73. The maximum atomic E-state index is 5.99. The SMILES string of the molecule is COc1ccc(OC)c(CNc2ccc(Cl)c(Cl)c2)c1. The van der Waals surface area contributed by atoms with Gasteiger partial charge in [-0.1, -0.05) is 23.2 Å². The molecule has 0 heterocycles. The van der Waals surface area contributed by atoms with Crippen molar-refractivity contribution >= 4 is 28.9 Å². The van der Waals surface area contributed by atoms with Crippen LogP contribution in [0, 0.1) is 0 Å². The molecule has 0 fully saturated rings. The summed E-state index contributed by atoms with van der Waals surface area (Å²) in [5, 5.41) is 4.34. The first-order valence-electron chi connectivity index (χ1n) is 6.04. The molecule has 2 aromatic carbocycles. The number of hydrogen-bond donors (Lipinski definition) is 1. The molecule has 106 valence electrons. The molecule has 0 radical (unpaired) electrons. The molecule has 0 spiro atoms. The van der Waals surface area contributed by atoms with E-state index in [1.165, 1.54) is 0 Å². The summed E-state index contributed by atoms with van der Waals surface area (Å²) in [6.45, 7) is 0.596. The maximum Gasteiger partial charge on any atom is 0.124 e. The predicted octanol–water partition coefficient (Wildman–Crippen LogP) is 4.62. The highest BCUT2D eigenvalue weighted by Crippen LogP contribution is 2.27. The Morgan fingerprint density at radius 2 is 1.75 bits per heavy atom. The summed E-state index contributed by atoms with van der Waals surface area (Å²) < 4.78 is 10.6. The second-order valence-corrected chi connectivity index (χ2v) is 4.97. The van der Waals surface area contributed by atoms with E-state index in [9.17, 15) is 0 Å². The molecule has 0 aliphatic rings. The molecule has 2 aromatic rings. The lowest BCUT2D eigenvalue weighted by Crippen LogP contribution is -2.02. The molecule has 0 aromatic heterocycles. The lowest BCUT2D eigenvalue weighted by atomic mass is 10.2. The van der Waals surface area contributed by atoms with E-state index < -0.39 is 0 Å². The van der Waals surface area contributed by atoms with Crippen molar-refractivity contribution in [2.75, 3.05) is 19.5 Å². The monoisotopic (exact) mass is 311 g/mol. The minimum Gasteiger partial charge on any atom is -0.497 e. The number of hydrogen-bond acceptors (Lipinski definition) is 3. The van der Waals surface area contributed by atoms with Gasteiger partial charge in [0.15, 0.2) is 0 Å². The highest BCUT2D eigenvalue weighted by molar-refractivity contribution is 6.42. The van der Waals surface area contributed by atoms with Crippen LogP contribution in [-0.4, -0.2) is 14.2 Å². The summed E-state index contributed by atoms with van der Waals surface area (Å²) in [6, 6.07) is 11.1. The zero-order valence-electron chi connectivity index (χ0n) is 11.2. The highest BCUT2D eigenvalue weighted by atomic mass is 35.5.